The second kappa shape index (κ2) is 5.46. The Morgan fingerprint density at radius 2 is 1.95 bits per heavy atom. The van der Waals surface area contributed by atoms with Crippen LogP contribution in [-0.4, -0.2) is 9.55 Å². The van der Waals surface area contributed by atoms with E-state index in [1.807, 2.05) is 51.4 Å². The first kappa shape index (κ1) is 14.0. The zero-order valence-electron chi connectivity index (χ0n) is 10.2. The van der Waals surface area contributed by atoms with E-state index in [0.717, 1.165) is 16.6 Å². The Balaban J connectivity index is 2.11. The smallest absolute Gasteiger partial charge is 0.178 e. The van der Waals surface area contributed by atoms with Crippen LogP contribution in [0.3, 0.4) is 0 Å². The van der Waals surface area contributed by atoms with Crippen LogP contribution in [0.2, 0.25) is 5.02 Å². The van der Waals surface area contributed by atoms with Crippen molar-refractivity contribution in [1.82, 2.24) is 9.55 Å². The molecular weight excluding hydrogens is 410 g/mol. The molecule has 0 saturated heterocycles. The van der Waals surface area contributed by atoms with Gasteiger partial charge in [-0.2, -0.15) is 0 Å². The molecular formula is C14H9ClFIN2S. The fraction of sp³-hybridized carbons (Fsp3) is 0.0714. The first-order valence-electron chi connectivity index (χ1n) is 5.86. The van der Waals surface area contributed by atoms with Crippen molar-refractivity contribution < 1.29 is 4.39 Å². The number of aromatic nitrogens is 2. The number of imidazole rings is 1. The molecule has 2 aromatic carbocycles. The third-order valence-electron chi connectivity index (χ3n) is 3.07. The summed E-state index contributed by atoms with van der Waals surface area (Å²) >= 11 is 13.2. The number of hydrogen-bond acceptors (Lipinski definition) is 1. The Bertz CT molecular complexity index is 839. The van der Waals surface area contributed by atoms with Gasteiger partial charge in [0.2, 0.25) is 0 Å². The molecule has 0 aliphatic carbocycles. The normalized spacial score (nSPS) is 11.2. The molecule has 0 fully saturated rings. The predicted octanol–water partition coefficient (Wildman–Crippen LogP) is 5.14. The summed E-state index contributed by atoms with van der Waals surface area (Å²) < 4.78 is 16.8. The van der Waals surface area contributed by atoms with Crippen LogP contribution in [0.1, 0.15) is 5.56 Å². The SMILES string of the molecule is Fc1cc2c(cc1I)[nH]c(=S)n2Cc1ccc(Cl)cc1. The summed E-state index contributed by atoms with van der Waals surface area (Å²) in [5.74, 6) is -0.239. The number of nitrogens with zero attached hydrogens (tertiary/aromatic N) is 1. The Morgan fingerprint density at radius 3 is 2.65 bits per heavy atom. The highest BCUT2D eigenvalue weighted by Crippen LogP contribution is 2.22. The summed E-state index contributed by atoms with van der Waals surface area (Å²) in [4.78, 5) is 3.11. The molecule has 3 aromatic rings. The maximum absolute atomic E-state index is 13.7. The van der Waals surface area contributed by atoms with Gasteiger partial charge >= 0.3 is 0 Å². The molecule has 0 aliphatic rings. The van der Waals surface area contributed by atoms with Crippen LogP contribution < -0.4 is 0 Å². The Kier molecular flexibility index (Phi) is 3.83. The standard InChI is InChI=1S/C14H9ClFIN2S/c15-9-3-1-8(2-4-9)7-19-13-5-10(16)11(17)6-12(13)18-14(19)20/h1-6H,7H2,(H,18,20). The summed E-state index contributed by atoms with van der Waals surface area (Å²) in [5.41, 5.74) is 2.67. The lowest BCUT2D eigenvalue weighted by molar-refractivity contribution is 0.621. The lowest BCUT2D eigenvalue weighted by Crippen LogP contribution is -1.99. The minimum atomic E-state index is -0.239. The van der Waals surface area contributed by atoms with Gasteiger partial charge in [-0.3, -0.25) is 0 Å². The van der Waals surface area contributed by atoms with Crippen molar-refractivity contribution in [2.75, 3.05) is 0 Å². The zero-order valence-corrected chi connectivity index (χ0v) is 13.9. The summed E-state index contributed by atoms with van der Waals surface area (Å²) in [5, 5.41) is 0.692. The molecule has 2 nitrogen and oxygen atoms in total. The van der Waals surface area contributed by atoms with Crippen LogP contribution in [-0.2, 0) is 6.54 Å². The van der Waals surface area contributed by atoms with E-state index in [1.165, 1.54) is 6.07 Å². The molecule has 0 aliphatic heterocycles. The Labute approximate surface area is 138 Å². The summed E-state index contributed by atoms with van der Waals surface area (Å²) in [6.07, 6.45) is 0. The average molecular weight is 419 g/mol. The van der Waals surface area contributed by atoms with E-state index in [9.17, 15) is 4.39 Å². The summed E-state index contributed by atoms with van der Waals surface area (Å²) in [7, 11) is 0. The van der Waals surface area contributed by atoms with Gasteiger partial charge in [0.15, 0.2) is 4.77 Å². The topological polar surface area (TPSA) is 20.7 Å². The van der Waals surface area contributed by atoms with E-state index >= 15 is 0 Å². The average Bonchev–Trinajstić information content (AvgIpc) is 2.69. The van der Waals surface area contributed by atoms with Gasteiger partial charge in [-0.1, -0.05) is 23.7 Å². The molecule has 102 valence electrons. The quantitative estimate of drug-likeness (QED) is 0.451. The van der Waals surface area contributed by atoms with Gasteiger partial charge in [0.25, 0.3) is 0 Å². The first-order valence-corrected chi connectivity index (χ1v) is 7.73. The number of halogens is 3. The van der Waals surface area contributed by atoms with Gasteiger partial charge in [0.1, 0.15) is 5.82 Å². The number of hydrogen-bond donors (Lipinski definition) is 1. The molecule has 0 saturated carbocycles. The van der Waals surface area contributed by atoms with E-state index in [4.69, 9.17) is 23.8 Å². The number of benzene rings is 2. The summed E-state index contributed by atoms with van der Waals surface area (Å²) in [6, 6.07) is 10.8. The Morgan fingerprint density at radius 1 is 1.25 bits per heavy atom. The lowest BCUT2D eigenvalue weighted by atomic mass is 10.2. The molecule has 1 aromatic heterocycles. The van der Waals surface area contributed by atoms with Crippen molar-refractivity contribution >= 4 is 57.4 Å². The number of rotatable bonds is 2. The van der Waals surface area contributed by atoms with Gasteiger partial charge in [-0.15, -0.1) is 0 Å². The molecule has 0 radical (unpaired) electrons. The summed E-state index contributed by atoms with van der Waals surface area (Å²) in [6.45, 7) is 0.579. The van der Waals surface area contributed by atoms with E-state index in [2.05, 4.69) is 4.98 Å². The van der Waals surface area contributed by atoms with Crippen molar-refractivity contribution in [3.8, 4) is 0 Å². The maximum Gasteiger partial charge on any atom is 0.178 e. The van der Waals surface area contributed by atoms with Crippen LogP contribution in [0, 0.1) is 14.2 Å². The van der Waals surface area contributed by atoms with Crippen molar-refractivity contribution in [2.45, 2.75) is 6.54 Å². The van der Waals surface area contributed by atoms with Crippen molar-refractivity contribution in [1.29, 1.82) is 0 Å². The van der Waals surface area contributed by atoms with E-state index in [0.29, 0.717) is 19.9 Å². The lowest BCUT2D eigenvalue weighted by Gasteiger charge is -2.05. The molecule has 0 atom stereocenters. The minimum absolute atomic E-state index is 0.239. The highest BCUT2D eigenvalue weighted by Gasteiger charge is 2.09. The number of fused-ring (bicyclic) bond motifs is 1. The molecule has 6 heteroatoms. The Hall–Kier alpha value is -0.920. The molecule has 1 heterocycles. The van der Waals surface area contributed by atoms with Crippen LogP contribution in [0.25, 0.3) is 11.0 Å². The van der Waals surface area contributed by atoms with Crippen LogP contribution in [0.4, 0.5) is 4.39 Å². The van der Waals surface area contributed by atoms with Gasteiger partial charge < -0.3 is 9.55 Å². The molecule has 3 rings (SSSR count). The maximum atomic E-state index is 13.7. The molecule has 1 N–H and O–H groups in total. The molecule has 0 bridgehead atoms. The van der Waals surface area contributed by atoms with Crippen molar-refractivity contribution in [3.63, 3.8) is 0 Å². The van der Waals surface area contributed by atoms with Gasteiger partial charge in [-0.05, 0) is 58.6 Å². The van der Waals surface area contributed by atoms with E-state index < -0.39 is 0 Å². The monoisotopic (exact) mass is 418 g/mol. The van der Waals surface area contributed by atoms with Crippen molar-refractivity contribution in [2.24, 2.45) is 0 Å². The van der Waals surface area contributed by atoms with Gasteiger partial charge in [-0.25, -0.2) is 4.39 Å². The molecule has 20 heavy (non-hydrogen) atoms. The van der Waals surface area contributed by atoms with Crippen LogP contribution in [0.15, 0.2) is 36.4 Å². The number of aromatic amines is 1. The largest absolute Gasteiger partial charge is 0.331 e. The first-order chi connectivity index (χ1) is 9.54. The third kappa shape index (κ3) is 2.62. The fourth-order valence-electron chi connectivity index (χ4n) is 2.08. The number of nitrogens with one attached hydrogen (secondary N) is 1. The van der Waals surface area contributed by atoms with Gasteiger partial charge in [0.05, 0.1) is 21.1 Å². The second-order valence-electron chi connectivity index (χ2n) is 4.43. The number of H-pyrrole nitrogens is 1. The molecule has 0 amide bonds. The second-order valence-corrected chi connectivity index (χ2v) is 6.41. The highest BCUT2D eigenvalue weighted by molar-refractivity contribution is 14.1. The minimum Gasteiger partial charge on any atom is -0.331 e. The highest BCUT2D eigenvalue weighted by atomic mass is 127. The van der Waals surface area contributed by atoms with Gasteiger partial charge in [0, 0.05) is 11.1 Å². The fourth-order valence-corrected chi connectivity index (χ4v) is 2.95. The van der Waals surface area contributed by atoms with E-state index in [-0.39, 0.29) is 5.82 Å². The van der Waals surface area contributed by atoms with Crippen LogP contribution >= 0.6 is 46.4 Å². The van der Waals surface area contributed by atoms with Crippen LogP contribution in [0.5, 0.6) is 0 Å². The van der Waals surface area contributed by atoms with E-state index in [1.54, 1.807) is 6.07 Å². The molecule has 0 spiro atoms. The van der Waals surface area contributed by atoms with Crippen molar-refractivity contribution in [3.05, 3.63) is 61.1 Å². The molecule has 0 unspecified atom stereocenters. The third-order valence-corrected chi connectivity index (χ3v) is 4.47. The zero-order chi connectivity index (χ0) is 14.3. The predicted molar refractivity (Wildman–Crippen MR) is 90.4 cm³/mol.